The van der Waals surface area contributed by atoms with Gasteiger partial charge in [0.25, 0.3) is 0 Å². The minimum atomic E-state index is -1.90. The minimum absolute atomic E-state index is 0.00852. The molecule has 0 heterocycles. The molecule has 0 atom stereocenters. The lowest BCUT2D eigenvalue weighted by molar-refractivity contribution is -0.139. The van der Waals surface area contributed by atoms with Crippen molar-refractivity contribution in [1.82, 2.24) is 0 Å². The predicted octanol–water partition coefficient (Wildman–Crippen LogP) is 1.46. The number of carbonyl (C=O) groups is 2. The van der Waals surface area contributed by atoms with Gasteiger partial charge >= 0.3 is 11.9 Å². The molecule has 0 rings (SSSR count). The minimum Gasteiger partial charge on any atom is -0.540 e. The Balaban J connectivity index is 4.67. The average Bonchev–Trinajstić information content (AvgIpc) is 2.20. The molecule has 0 aliphatic rings. The van der Waals surface area contributed by atoms with Crippen LogP contribution in [0.25, 0.3) is 0 Å². The number of carbonyl (C=O) groups excluding carboxylic acids is 2. The van der Waals surface area contributed by atoms with E-state index in [9.17, 15) is 9.59 Å². The Hall–Kier alpha value is -1.30. The molecule has 0 unspecified atom stereocenters. The van der Waals surface area contributed by atoms with E-state index >= 15 is 0 Å². The third kappa shape index (κ3) is 6.23. The second-order valence-electron chi connectivity index (χ2n) is 4.05. The second kappa shape index (κ2) is 6.32. The zero-order valence-electron chi connectivity index (χ0n) is 10.3. The van der Waals surface area contributed by atoms with Crippen molar-refractivity contribution >= 4 is 20.3 Å². The van der Waals surface area contributed by atoms with Crippen LogP contribution in [0.3, 0.4) is 0 Å². The predicted molar refractivity (Wildman–Crippen MR) is 61.2 cm³/mol. The first-order valence-electron chi connectivity index (χ1n) is 4.84. The molecule has 6 heteroatoms. The Morgan fingerprint density at radius 2 is 1.69 bits per heavy atom. The molecular formula is C10H18O5Si. The molecule has 92 valence electrons. The van der Waals surface area contributed by atoms with Gasteiger partial charge in [0.2, 0.25) is 8.32 Å². The lowest BCUT2D eigenvalue weighted by Crippen LogP contribution is -2.28. The van der Waals surface area contributed by atoms with Crippen molar-refractivity contribution in [3.63, 3.8) is 0 Å². The second-order valence-corrected chi connectivity index (χ2v) is 8.48. The zero-order valence-corrected chi connectivity index (χ0v) is 11.3. The number of esters is 2. The van der Waals surface area contributed by atoms with Gasteiger partial charge in [-0.1, -0.05) is 0 Å². The standard InChI is InChI=1S/C10H18O5Si/c1-13-9(11)7-6-8(10(12)14-2)15-16(3,4)5/h6H,7H2,1-5H3/b8-6-. The van der Waals surface area contributed by atoms with Gasteiger partial charge in [-0.3, -0.25) is 4.79 Å². The van der Waals surface area contributed by atoms with Crippen LogP contribution in [-0.2, 0) is 23.5 Å². The number of rotatable bonds is 5. The van der Waals surface area contributed by atoms with Gasteiger partial charge in [0.1, 0.15) is 0 Å². The maximum atomic E-state index is 11.3. The first-order valence-corrected chi connectivity index (χ1v) is 8.25. The Labute approximate surface area is 96.5 Å². The van der Waals surface area contributed by atoms with E-state index in [-0.39, 0.29) is 12.2 Å². The van der Waals surface area contributed by atoms with Crippen molar-refractivity contribution in [2.75, 3.05) is 14.2 Å². The summed E-state index contributed by atoms with van der Waals surface area (Å²) >= 11 is 0. The van der Waals surface area contributed by atoms with E-state index in [4.69, 9.17) is 4.43 Å². The van der Waals surface area contributed by atoms with Crippen molar-refractivity contribution in [3.05, 3.63) is 11.8 Å². The van der Waals surface area contributed by atoms with Crippen LogP contribution in [0.1, 0.15) is 6.42 Å². The summed E-state index contributed by atoms with van der Waals surface area (Å²) in [5.74, 6) is -0.932. The average molecular weight is 246 g/mol. The van der Waals surface area contributed by atoms with Crippen LogP contribution in [-0.4, -0.2) is 34.5 Å². The Kier molecular flexibility index (Phi) is 5.80. The first kappa shape index (κ1) is 14.7. The van der Waals surface area contributed by atoms with E-state index in [0.29, 0.717) is 0 Å². The summed E-state index contributed by atoms with van der Waals surface area (Å²) in [6.07, 6.45) is 1.38. The highest BCUT2D eigenvalue weighted by atomic mass is 28.4. The third-order valence-electron chi connectivity index (χ3n) is 1.48. The Bertz CT molecular complexity index is 290. The number of ether oxygens (including phenoxy) is 2. The van der Waals surface area contributed by atoms with Crippen LogP contribution in [0.5, 0.6) is 0 Å². The smallest absolute Gasteiger partial charge is 0.371 e. The molecular weight excluding hydrogens is 228 g/mol. The summed E-state index contributed by atoms with van der Waals surface area (Å²) < 4.78 is 14.5. The van der Waals surface area contributed by atoms with Gasteiger partial charge in [-0.2, -0.15) is 0 Å². The Morgan fingerprint density at radius 3 is 2.06 bits per heavy atom. The molecule has 0 aliphatic carbocycles. The van der Waals surface area contributed by atoms with E-state index in [1.165, 1.54) is 20.3 Å². The molecule has 0 spiro atoms. The van der Waals surface area contributed by atoms with Crippen molar-refractivity contribution < 1.29 is 23.5 Å². The third-order valence-corrected chi connectivity index (χ3v) is 2.32. The fourth-order valence-corrected chi connectivity index (χ4v) is 1.68. The monoisotopic (exact) mass is 246 g/mol. The lowest BCUT2D eigenvalue weighted by Gasteiger charge is -2.20. The quantitative estimate of drug-likeness (QED) is 0.318. The molecule has 0 bridgehead atoms. The zero-order chi connectivity index (χ0) is 12.8. The summed E-state index contributed by atoms with van der Waals surface area (Å²) in [5.41, 5.74) is 0. The largest absolute Gasteiger partial charge is 0.540 e. The highest BCUT2D eigenvalue weighted by molar-refractivity contribution is 6.70. The summed E-state index contributed by atoms with van der Waals surface area (Å²) in [4.78, 5) is 22.3. The maximum absolute atomic E-state index is 11.3. The highest BCUT2D eigenvalue weighted by Gasteiger charge is 2.22. The molecule has 0 saturated carbocycles. The summed E-state index contributed by atoms with van der Waals surface area (Å²) in [7, 11) is 0.648. The van der Waals surface area contributed by atoms with Gasteiger partial charge in [0, 0.05) is 0 Å². The van der Waals surface area contributed by atoms with Crippen molar-refractivity contribution in [1.29, 1.82) is 0 Å². The number of hydrogen-bond donors (Lipinski definition) is 0. The summed E-state index contributed by atoms with van der Waals surface area (Å²) in [5, 5.41) is 0. The molecule has 0 aromatic carbocycles. The van der Waals surface area contributed by atoms with Crippen LogP contribution in [0.15, 0.2) is 11.8 Å². The SMILES string of the molecule is COC(=O)C/C=C(\O[Si](C)(C)C)C(=O)OC. The molecule has 5 nitrogen and oxygen atoms in total. The molecule has 0 aliphatic heterocycles. The van der Waals surface area contributed by atoms with Crippen LogP contribution in [0.4, 0.5) is 0 Å². The lowest BCUT2D eigenvalue weighted by atomic mass is 10.3. The van der Waals surface area contributed by atoms with Gasteiger partial charge in [-0.15, -0.1) is 0 Å². The van der Waals surface area contributed by atoms with E-state index < -0.39 is 20.3 Å². The number of methoxy groups -OCH3 is 2. The van der Waals surface area contributed by atoms with Crippen molar-refractivity contribution in [2.45, 2.75) is 26.1 Å². The molecule has 16 heavy (non-hydrogen) atoms. The number of hydrogen-bond acceptors (Lipinski definition) is 5. The Morgan fingerprint density at radius 1 is 1.12 bits per heavy atom. The maximum Gasteiger partial charge on any atom is 0.371 e. The van der Waals surface area contributed by atoms with Gasteiger partial charge in [0.15, 0.2) is 5.76 Å². The molecule has 0 aromatic rings. The molecule has 0 N–H and O–H groups in total. The fourth-order valence-electron chi connectivity index (χ4n) is 0.856. The van der Waals surface area contributed by atoms with E-state index in [1.54, 1.807) is 0 Å². The summed E-state index contributed by atoms with van der Waals surface area (Å²) in [6.45, 7) is 5.80. The highest BCUT2D eigenvalue weighted by Crippen LogP contribution is 2.12. The van der Waals surface area contributed by atoms with E-state index in [2.05, 4.69) is 9.47 Å². The fraction of sp³-hybridized carbons (Fsp3) is 0.600. The van der Waals surface area contributed by atoms with Gasteiger partial charge < -0.3 is 13.9 Å². The molecule has 0 amide bonds. The first-order chi connectivity index (χ1) is 7.30. The van der Waals surface area contributed by atoms with Crippen molar-refractivity contribution in [2.24, 2.45) is 0 Å². The molecule has 0 aromatic heterocycles. The van der Waals surface area contributed by atoms with Gasteiger partial charge in [0.05, 0.1) is 20.6 Å². The van der Waals surface area contributed by atoms with E-state index in [1.807, 2.05) is 19.6 Å². The van der Waals surface area contributed by atoms with Crippen LogP contribution in [0.2, 0.25) is 19.6 Å². The normalized spacial score (nSPS) is 11.9. The molecule has 0 fully saturated rings. The van der Waals surface area contributed by atoms with Crippen molar-refractivity contribution in [3.8, 4) is 0 Å². The van der Waals surface area contributed by atoms with Gasteiger partial charge in [-0.05, 0) is 25.7 Å². The van der Waals surface area contributed by atoms with Crippen LogP contribution >= 0.6 is 0 Å². The molecule has 0 radical (unpaired) electrons. The molecule has 0 saturated heterocycles. The van der Waals surface area contributed by atoms with Crippen LogP contribution < -0.4 is 0 Å². The van der Waals surface area contributed by atoms with Gasteiger partial charge in [-0.25, -0.2) is 4.79 Å². The summed E-state index contributed by atoms with van der Waals surface area (Å²) in [6, 6.07) is 0. The van der Waals surface area contributed by atoms with E-state index in [0.717, 1.165) is 0 Å². The topological polar surface area (TPSA) is 61.8 Å². The van der Waals surface area contributed by atoms with Crippen LogP contribution in [0, 0.1) is 0 Å².